The highest BCUT2D eigenvalue weighted by Gasteiger charge is 2.20. The third kappa shape index (κ3) is 3.82. The van der Waals surface area contributed by atoms with Crippen LogP contribution in [0.5, 0.6) is 0 Å². The van der Waals surface area contributed by atoms with Crippen LogP contribution in [0.25, 0.3) is 0 Å². The second-order valence-electron chi connectivity index (χ2n) is 5.84. The summed E-state index contributed by atoms with van der Waals surface area (Å²) in [5.74, 6) is 0.114. The van der Waals surface area contributed by atoms with Crippen LogP contribution >= 0.6 is 11.6 Å². The first-order chi connectivity index (χ1) is 11.1. The Bertz CT molecular complexity index is 704. The van der Waals surface area contributed by atoms with E-state index in [1.807, 2.05) is 48.2 Å². The van der Waals surface area contributed by atoms with E-state index in [0.29, 0.717) is 11.7 Å². The van der Waals surface area contributed by atoms with Crippen molar-refractivity contribution >= 4 is 23.2 Å². The highest BCUT2D eigenvalue weighted by Crippen LogP contribution is 2.19. The fourth-order valence-corrected chi connectivity index (χ4v) is 3.10. The zero-order chi connectivity index (χ0) is 16.2. The van der Waals surface area contributed by atoms with E-state index in [0.717, 1.165) is 42.9 Å². The molecule has 1 aliphatic heterocycles. The van der Waals surface area contributed by atoms with Crippen molar-refractivity contribution in [3.8, 4) is 0 Å². The summed E-state index contributed by atoms with van der Waals surface area (Å²) < 4.78 is 0. The fourth-order valence-electron chi connectivity index (χ4n) is 2.93. The highest BCUT2D eigenvalue weighted by molar-refractivity contribution is 6.29. The van der Waals surface area contributed by atoms with Crippen LogP contribution in [0.2, 0.25) is 5.15 Å². The summed E-state index contributed by atoms with van der Waals surface area (Å²) in [4.78, 5) is 20.9. The smallest absolute Gasteiger partial charge is 0.253 e. The molecule has 1 saturated heterocycles. The summed E-state index contributed by atoms with van der Waals surface area (Å²) >= 11 is 5.98. The zero-order valence-corrected chi connectivity index (χ0v) is 14.0. The summed E-state index contributed by atoms with van der Waals surface area (Å²) in [6.07, 6.45) is 2.66. The van der Waals surface area contributed by atoms with Gasteiger partial charge in [-0.1, -0.05) is 29.3 Å². The van der Waals surface area contributed by atoms with Crippen LogP contribution in [0.3, 0.4) is 0 Å². The minimum absolute atomic E-state index is 0.114. The Kier molecular flexibility index (Phi) is 4.82. The number of aromatic nitrogens is 1. The van der Waals surface area contributed by atoms with Crippen LogP contribution in [-0.4, -0.2) is 42.0 Å². The number of amides is 1. The van der Waals surface area contributed by atoms with Gasteiger partial charge in [-0.05, 0) is 37.6 Å². The average Bonchev–Trinajstić information content (AvgIpc) is 2.80. The lowest BCUT2D eigenvalue weighted by Gasteiger charge is -2.23. The molecule has 2 aromatic rings. The molecule has 0 N–H and O–H groups in total. The van der Waals surface area contributed by atoms with Gasteiger partial charge in [0.25, 0.3) is 5.91 Å². The van der Waals surface area contributed by atoms with Gasteiger partial charge < -0.3 is 9.80 Å². The molecular formula is C18H20ClN3O. The first-order valence-electron chi connectivity index (χ1n) is 7.86. The quantitative estimate of drug-likeness (QED) is 0.792. The Balaban J connectivity index is 1.70. The lowest BCUT2D eigenvalue weighted by Crippen LogP contribution is -2.35. The zero-order valence-electron chi connectivity index (χ0n) is 13.2. The summed E-state index contributed by atoms with van der Waals surface area (Å²) in [5.41, 5.74) is 2.94. The summed E-state index contributed by atoms with van der Waals surface area (Å²) in [6, 6.07) is 11.6. The Morgan fingerprint density at radius 3 is 2.78 bits per heavy atom. The van der Waals surface area contributed by atoms with Gasteiger partial charge in [0.05, 0.1) is 0 Å². The number of hydrogen-bond acceptors (Lipinski definition) is 3. The molecule has 120 valence electrons. The van der Waals surface area contributed by atoms with Gasteiger partial charge in [0.2, 0.25) is 0 Å². The second kappa shape index (κ2) is 7.01. The molecule has 5 heteroatoms. The lowest BCUT2D eigenvalue weighted by atomic mass is 10.1. The van der Waals surface area contributed by atoms with Crippen LogP contribution in [-0.2, 0) is 0 Å². The van der Waals surface area contributed by atoms with Crippen LogP contribution in [0.4, 0.5) is 5.69 Å². The summed E-state index contributed by atoms with van der Waals surface area (Å²) in [7, 11) is 0. The van der Waals surface area contributed by atoms with Crippen molar-refractivity contribution < 1.29 is 4.79 Å². The molecule has 2 heterocycles. The number of carbonyl (C=O) groups excluding carboxylic acids is 1. The molecule has 4 nitrogen and oxygen atoms in total. The second-order valence-corrected chi connectivity index (χ2v) is 6.23. The lowest BCUT2D eigenvalue weighted by molar-refractivity contribution is 0.0767. The molecular weight excluding hydrogens is 310 g/mol. The van der Waals surface area contributed by atoms with E-state index in [1.54, 1.807) is 6.20 Å². The Hall–Kier alpha value is -2.07. The van der Waals surface area contributed by atoms with Crippen molar-refractivity contribution in [1.29, 1.82) is 0 Å². The number of pyridine rings is 1. The first-order valence-corrected chi connectivity index (χ1v) is 8.24. The third-order valence-electron chi connectivity index (χ3n) is 4.12. The number of halogens is 1. The first kappa shape index (κ1) is 15.8. The summed E-state index contributed by atoms with van der Waals surface area (Å²) in [5, 5.41) is 0.499. The monoisotopic (exact) mass is 329 g/mol. The van der Waals surface area contributed by atoms with Gasteiger partial charge in [0.1, 0.15) is 5.15 Å². The van der Waals surface area contributed by atoms with Crippen molar-refractivity contribution in [3.05, 3.63) is 58.9 Å². The standard InChI is InChI=1S/C18H20ClN3O/c1-14-4-2-5-15(12-14)18(23)22-9-3-8-21(10-11-22)16-6-7-20-17(19)13-16/h2,4-7,12-13H,3,8-11H2,1H3. The third-order valence-corrected chi connectivity index (χ3v) is 4.33. The molecule has 0 radical (unpaired) electrons. The van der Waals surface area contributed by atoms with Crippen LogP contribution < -0.4 is 4.90 Å². The Morgan fingerprint density at radius 1 is 1.13 bits per heavy atom. The minimum Gasteiger partial charge on any atom is -0.370 e. The number of aryl methyl sites for hydroxylation is 1. The molecule has 0 spiro atoms. The minimum atomic E-state index is 0.114. The van der Waals surface area contributed by atoms with Crippen LogP contribution in [0.1, 0.15) is 22.3 Å². The molecule has 1 fully saturated rings. The number of rotatable bonds is 2. The topological polar surface area (TPSA) is 36.4 Å². The number of hydrogen-bond donors (Lipinski definition) is 0. The van der Waals surface area contributed by atoms with E-state index in [2.05, 4.69) is 9.88 Å². The van der Waals surface area contributed by atoms with Gasteiger partial charge in [0.15, 0.2) is 0 Å². The van der Waals surface area contributed by atoms with Gasteiger partial charge in [-0.2, -0.15) is 0 Å². The van der Waals surface area contributed by atoms with E-state index < -0.39 is 0 Å². The average molecular weight is 330 g/mol. The van der Waals surface area contributed by atoms with Gasteiger partial charge in [-0.15, -0.1) is 0 Å². The molecule has 0 bridgehead atoms. The number of benzene rings is 1. The number of anilines is 1. The normalized spacial score (nSPS) is 15.4. The van der Waals surface area contributed by atoms with Crippen molar-refractivity contribution in [2.45, 2.75) is 13.3 Å². The van der Waals surface area contributed by atoms with Crippen molar-refractivity contribution in [2.75, 3.05) is 31.1 Å². The number of carbonyl (C=O) groups is 1. The van der Waals surface area contributed by atoms with E-state index in [9.17, 15) is 4.79 Å². The van der Waals surface area contributed by atoms with Crippen molar-refractivity contribution in [3.63, 3.8) is 0 Å². The highest BCUT2D eigenvalue weighted by atomic mass is 35.5. The van der Waals surface area contributed by atoms with Gasteiger partial charge in [0, 0.05) is 43.6 Å². The maximum Gasteiger partial charge on any atom is 0.253 e. The van der Waals surface area contributed by atoms with E-state index in [1.165, 1.54) is 0 Å². The maximum absolute atomic E-state index is 12.7. The van der Waals surface area contributed by atoms with Gasteiger partial charge in [-0.25, -0.2) is 4.98 Å². The molecule has 3 rings (SSSR count). The molecule has 0 atom stereocenters. The molecule has 1 amide bonds. The molecule has 23 heavy (non-hydrogen) atoms. The molecule has 1 aromatic heterocycles. The van der Waals surface area contributed by atoms with E-state index in [-0.39, 0.29) is 5.91 Å². The largest absolute Gasteiger partial charge is 0.370 e. The molecule has 1 aromatic carbocycles. The Morgan fingerprint density at radius 2 is 2.00 bits per heavy atom. The van der Waals surface area contributed by atoms with Gasteiger partial charge in [-0.3, -0.25) is 4.79 Å². The molecule has 0 unspecified atom stereocenters. The molecule has 0 saturated carbocycles. The predicted molar refractivity (Wildman–Crippen MR) is 93.2 cm³/mol. The Labute approximate surface area is 141 Å². The maximum atomic E-state index is 12.7. The molecule has 1 aliphatic rings. The van der Waals surface area contributed by atoms with Gasteiger partial charge >= 0.3 is 0 Å². The predicted octanol–water partition coefficient (Wildman–Crippen LogP) is 3.40. The van der Waals surface area contributed by atoms with Crippen LogP contribution in [0.15, 0.2) is 42.6 Å². The van der Waals surface area contributed by atoms with E-state index >= 15 is 0 Å². The number of nitrogens with zero attached hydrogens (tertiary/aromatic N) is 3. The summed E-state index contributed by atoms with van der Waals surface area (Å²) in [6.45, 7) is 5.22. The van der Waals surface area contributed by atoms with E-state index in [4.69, 9.17) is 11.6 Å². The van der Waals surface area contributed by atoms with Crippen molar-refractivity contribution in [2.24, 2.45) is 0 Å². The van der Waals surface area contributed by atoms with Crippen LogP contribution in [0, 0.1) is 6.92 Å². The van der Waals surface area contributed by atoms with Crippen molar-refractivity contribution in [1.82, 2.24) is 9.88 Å². The molecule has 0 aliphatic carbocycles. The SMILES string of the molecule is Cc1cccc(C(=O)N2CCCN(c3ccnc(Cl)c3)CC2)c1. The fraction of sp³-hybridized carbons (Fsp3) is 0.333.